The SMILES string of the molecule is COc1ccc(-n2nc(Oc3cccnc3)oc2=O)cc1. The maximum Gasteiger partial charge on any atom is 0.444 e. The van der Waals surface area contributed by atoms with E-state index in [-0.39, 0.29) is 6.08 Å². The molecule has 0 N–H and O–H groups in total. The summed E-state index contributed by atoms with van der Waals surface area (Å²) < 4.78 is 16.4. The predicted molar refractivity (Wildman–Crippen MR) is 73.0 cm³/mol. The molecule has 0 amide bonds. The molecule has 21 heavy (non-hydrogen) atoms. The van der Waals surface area contributed by atoms with Gasteiger partial charge in [-0.2, -0.15) is 4.68 Å². The van der Waals surface area contributed by atoms with E-state index >= 15 is 0 Å². The van der Waals surface area contributed by atoms with E-state index in [0.717, 1.165) is 4.68 Å². The van der Waals surface area contributed by atoms with Crippen LogP contribution < -0.4 is 15.2 Å². The lowest BCUT2D eigenvalue weighted by molar-refractivity contribution is 0.319. The standard InChI is InChI=1S/C14H11N3O4/c1-19-11-6-4-10(5-7-11)17-14(18)21-13(16-17)20-12-3-2-8-15-9-12/h2-9H,1H3. The molecule has 0 spiro atoms. The van der Waals surface area contributed by atoms with Crippen molar-refractivity contribution < 1.29 is 13.9 Å². The zero-order valence-electron chi connectivity index (χ0n) is 11.1. The molecular formula is C14H11N3O4. The largest absolute Gasteiger partial charge is 0.497 e. The summed E-state index contributed by atoms with van der Waals surface area (Å²) in [5.74, 6) is 0.474. The molecule has 0 saturated heterocycles. The van der Waals surface area contributed by atoms with Crippen LogP contribution >= 0.6 is 0 Å². The molecule has 3 rings (SSSR count). The first kappa shape index (κ1) is 12.9. The molecule has 0 aliphatic rings. The van der Waals surface area contributed by atoms with Crippen LogP contribution in [0.25, 0.3) is 5.69 Å². The fraction of sp³-hybridized carbons (Fsp3) is 0.0714. The van der Waals surface area contributed by atoms with Gasteiger partial charge in [0.1, 0.15) is 5.75 Å². The minimum atomic E-state index is -0.640. The van der Waals surface area contributed by atoms with E-state index < -0.39 is 5.76 Å². The van der Waals surface area contributed by atoms with Gasteiger partial charge in [-0.15, -0.1) is 0 Å². The molecule has 106 valence electrons. The average molecular weight is 285 g/mol. The Bertz CT molecular complexity index is 778. The van der Waals surface area contributed by atoms with E-state index in [0.29, 0.717) is 17.2 Å². The van der Waals surface area contributed by atoms with Crippen LogP contribution in [0.2, 0.25) is 0 Å². The quantitative estimate of drug-likeness (QED) is 0.729. The lowest BCUT2D eigenvalue weighted by Crippen LogP contribution is -2.13. The van der Waals surface area contributed by atoms with E-state index in [2.05, 4.69) is 10.1 Å². The molecule has 7 nitrogen and oxygen atoms in total. The first-order chi connectivity index (χ1) is 10.3. The van der Waals surface area contributed by atoms with Gasteiger partial charge >= 0.3 is 11.8 Å². The van der Waals surface area contributed by atoms with Crippen molar-refractivity contribution in [1.29, 1.82) is 0 Å². The highest BCUT2D eigenvalue weighted by molar-refractivity contribution is 5.36. The van der Waals surface area contributed by atoms with Crippen molar-refractivity contribution in [2.75, 3.05) is 7.11 Å². The Morgan fingerprint density at radius 3 is 2.62 bits per heavy atom. The molecule has 1 aromatic carbocycles. The number of hydrogen-bond acceptors (Lipinski definition) is 6. The Kier molecular flexibility index (Phi) is 3.38. The molecule has 0 aliphatic carbocycles. The van der Waals surface area contributed by atoms with Crippen molar-refractivity contribution in [2.24, 2.45) is 0 Å². The monoisotopic (exact) mass is 285 g/mol. The van der Waals surface area contributed by atoms with Gasteiger partial charge < -0.3 is 13.9 Å². The lowest BCUT2D eigenvalue weighted by atomic mass is 10.3. The zero-order chi connectivity index (χ0) is 14.7. The fourth-order valence-electron chi connectivity index (χ4n) is 1.70. The lowest BCUT2D eigenvalue weighted by Gasteiger charge is -2.01. The fourth-order valence-corrected chi connectivity index (χ4v) is 1.70. The highest BCUT2D eigenvalue weighted by Crippen LogP contribution is 2.18. The average Bonchev–Trinajstić information content (AvgIpc) is 2.89. The minimum Gasteiger partial charge on any atom is -0.497 e. The molecule has 2 aromatic heterocycles. The van der Waals surface area contributed by atoms with Crippen LogP contribution in [0.4, 0.5) is 0 Å². The predicted octanol–water partition coefficient (Wildman–Crippen LogP) is 2.02. The number of aromatic nitrogens is 3. The Labute approximate surface area is 119 Å². The van der Waals surface area contributed by atoms with Crippen LogP contribution in [0.15, 0.2) is 58.0 Å². The molecule has 0 fully saturated rings. The molecule has 0 aliphatic heterocycles. The van der Waals surface area contributed by atoms with Crippen molar-refractivity contribution in [2.45, 2.75) is 0 Å². The summed E-state index contributed by atoms with van der Waals surface area (Å²) in [6, 6.07) is 10.2. The zero-order valence-corrected chi connectivity index (χ0v) is 11.1. The summed E-state index contributed by atoms with van der Waals surface area (Å²) in [7, 11) is 1.57. The molecule has 0 bridgehead atoms. The molecule has 2 heterocycles. The van der Waals surface area contributed by atoms with E-state index in [1.807, 2.05) is 0 Å². The summed E-state index contributed by atoms with van der Waals surface area (Å²) >= 11 is 0. The Balaban J connectivity index is 1.88. The number of pyridine rings is 1. The van der Waals surface area contributed by atoms with Gasteiger partial charge in [-0.25, -0.2) is 4.79 Å². The number of rotatable bonds is 4. The van der Waals surface area contributed by atoms with Gasteiger partial charge in [-0.05, 0) is 36.4 Å². The highest BCUT2D eigenvalue weighted by Gasteiger charge is 2.12. The maximum absolute atomic E-state index is 11.8. The van der Waals surface area contributed by atoms with Gasteiger partial charge in [0.15, 0.2) is 5.75 Å². The van der Waals surface area contributed by atoms with Gasteiger partial charge in [0.25, 0.3) is 0 Å². The first-order valence-corrected chi connectivity index (χ1v) is 6.09. The van der Waals surface area contributed by atoms with E-state index in [4.69, 9.17) is 13.9 Å². The normalized spacial score (nSPS) is 10.3. The number of ether oxygens (including phenoxy) is 2. The number of methoxy groups -OCH3 is 1. The summed E-state index contributed by atoms with van der Waals surface area (Å²) in [4.78, 5) is 15.7. The van der Waals surface area contributed by atoms with Gasteiger partial charge in [0, 0.05) is 6.20 Å². The molecule has 0 unspecified atom stereocenters. The van der Waals surface area contributed by atoms with Gasteiger partial charge in [-0.3, -0.25) is 4.98 Å². The summed E-state index contributed by atoms with van der Waals surface area (Å²) in [5, 5.41) is 3.98. The topological polar surface area (TPSA) is 79.4 Å². The second-order valence-electron chi connectivity index (χ2n) is 4.03. The summed E-state index contributed by atoms with van der Waals surface area (Å²) in [6.07, 6.45) is 2.95. The second kappa shape index (κ2) is 5.49. The van der Waals surface area contributed by atoms with E-state index in [9.17, 15) is 4.79 Å². The number of nitrogens with zero attached hydrogens (tertiary/aromatic N) is 3. The van der Waals surface area contributed by atoms with Crippen LogP contribution in [0.1, 0.15) is 0 Å². The molecule has 3 aromatic rings. The third kappa shape index (κ3) is 2.76. The van der Waals surface area contributed by atoms with Crippen LogP contribution in [-0.2, 0) is 0 Å². The van der Waals surface area contributed by atoms with Gasteiger partial charge in [0.2, 0.25) is 0 Å². The van der Waals surface area contributed by atoms with Gasteiger partial charge in [0.05, 0.1) is 19.0 Å². The maximum atomic E-state index is 11.8. The van der Waals surface area contributed by atoms with E-state index in [1.54, 1.807) is 49.7 Å². The molecule has 0 atom stereocenters. The van der Waals surface area contributed by atoms with Crippen LogP contribution in [0.3, 0.4) is 0 Å². The van der Waals surface area contributed by atoms with Crippen LogP contribution in [0, 0.1) is 0 Å². The van der Waals surface area contributed by atoms with Crippen molar-refractivity contribution in [1.82, 2.24) is 14.8 Å². The minimum absolute atomic E-state index is 0.149. The number of benzene rings is 1. The number of hydrogen-bond donors (Lipinski definition) is 0. The third-order valence-corrected chi connectivity index (χ3v) is 2.69. The third-order valence-electron chi connectivity index (χ3n) is 2.69. The van der Waals surface area contributed by atoms with Crippen molar-refractivity contribution in [3.8, 4) is 23.3 Å². The van der Waals surface area contributed by atoms with Crippen LogP contribution in [0.5, 0.6) is 17.6 Å². The highest BCUT2D eigenvalue weighted by atomic mass is 16.6. The van der Waals surface area contributed by atoms with Crippen molar-refractivity contribution in [3.05, 3.63) is 59.3 Å². The Morgan fingerprint density at radius 2 is 1.95 bits per heavy atom. The second-order valence-corrected chi connectivity index (χ2v) is 4.03. The summed E-state index contributed by atoms with van der Waals surface area (Å²) in [6.45, 7) is 0. The van der Waals surface area contributed by atoms with Gasteiger partial charge in [-0.1, -0.05) is 5.10 Å². The summed E-state index contributed by atoms with van der Waals surface area (Å²) in [5.41, 5.74) is 0.547. The smallest absolute Gasteiger partial charge is 0.444 e. The molecule has 0 radical (unpaired) electrons. The first-order valence-electron chi connectivity index (χ1n) is 6.09. The molecular weight excluding hydrogens is 274 g/mol. The molecule has 7 heteroatoms. The molecule has 0 saturated carbocycles. The Hall–Kier alpha value is -3.09. The van der Waals surface area contributed by atoms with Crippen LogP contribution in [-0.4, -0.2) is 21.9 Å². The van der Waals surface area contributed by atoms with Crippen molar-refractivity contribution in [3.63, 3.8) is 0 Å². The van der Waals surface area contributed by atoms with E-state index in [1.165, 1.54) is 6.20 Å². The Morgan fingerprint density at radius 1 is 1.14 bits per heavy atom. The van der Waals surface area contributed by atoms with Crippen molar-refractivity contribution >= 4 is 0 Å².